The van der Waals surface area contributed by atoms with Gasteiger partial charge in [0.25, 0.3) is 0 Å². The Hall–Kier alpha value is -0.410. The Balaban J connectivity index is 2.05. The van der Waals surface area contributed by atoms with Crippen LogP contribution in [0, 0.1) is 11.7 Å². The molecule has 0 aliphatic carbocycles. The van der Waals surface area contributed by atoms with Crippen molar-refractivity contribution in [2.45, 2.75) is 19.3 Å². The van der Waals surface area contributed by atoms with Crippen molar-refractivity contribution >= 4 is 15.9 Å². The van der Waals surface area contributed by atoms with Crippen molar-refractivity contribution in [1.82, 2.24) is 5.32 Å². The Morgan fingerprint density at radius 3 is 3.07 bits per heavy atom. The van der Waals surface area contributed by atoms with Crippen molar-refractivity contribution in [3.05, 3.63) is 34.1 Å². The molecule has 0 aromatic heterocycles. The zero-order chi connectivity index (χ0) is 10.7. The fourth-order valence-electron chi connectivity index (χ4n) is 2.11. The molecule has 1 N–H and O–H groups in total. The summed E-state index contributed by atoms with van der Waals surface area (Å²) in [7, 11) is 0. The van der Waals surface area contributed by atoms with E-state index in [9.17, 15) is 4.39 Å². The van der Waals surface area contributed by atoms with Crippen LogP contribution in [0.15, 0.2) is 22.7 Å². The van der Waals surface area contributed by atoms with Gasteiger partial charge in [-0.1, -0.05) is 15.9 Å². The Bertz CT molecular complexity index is 334. The van der Waals surface area contributed by atoms with Crippen LogP contribution in [0.25, 0.3) is 0 Å². The van der Waals surface area contributed by atoms with Crippen LogP contribution in [0.5, 0.6) is 0 Å². The average Bonchev–Trinajstić information content (AvgIpc) is 2.25. The molecular weight excluding hydrogens is 257 g/mol. The van der Waals surface area contributed by atoms with Crippen molar-refractivity contribution in [3.63, 3.8) is 0 Å². The normalized spacial score (nSPS) is 21.6. The number of nitrogens with one attached hydrogen (secondary N) is 1. The molecule has 15 heavy (non-hydrogen) atoms. The summed E-state index contributed by atoms with van der Waals surface area (Å²) in [6, 6.07) is 5.18. The van der Waals surface area contributed by atoms with E-state index in [0.717, 1.165) is 29.5 Å². The fourth-order valence-corrected chi connectivity index (χ4v) is 2.52. The van der Waals surface area contributed by atoms with Gasteiger partial charge in [-0.05, 0) is 62.0 Å². The van der Waals surface area contributed by atoms with Gasteiger partial charge in [0, 0.05) is 4.47 Å². The number of benzene rings is 1. The van der Waals surface area contributed by atoms with Gasteiger partial charge in [-0.25, -0.2) is 4.39 Å². The van der Waals surface area contributed by atoms with Gasteiger partial charge in [0.2, 0.25) is 0 Å². The number of halogens is 2. The van der Waals surface area contributed by atoms with Crippen molar-refractivity contribution in [2.75, 3.05) is 13.1 Å². The highest BCUT2D eigenvalue weighted by Crippen LogP contribution is 2.21. The largest absolute Gasteiger partial charge is 0.316 e. The highest BCUT2D eigenvalue weighted by Gasteiger charge is 2.15. The first kappa shape index (κ1) is 11.1. The predicted molar refractivity (Wildman–Crippen MR) is 63.4 cm³/mol. The SMILES string of the molecule is Fc1ccc(Br)cc1CC1CCCNC1. The summed E-state index contributed by atoms with van der Waals surface area (Å²) in [6.07, 6.45) is 3.26. The quantitative estimate of drug-likeness (QED) is 0.872. The molecule has 1 aromatic rings. The summed E-state index contributed by atoms with van der Waals surface area (Å²) in [5.41, 5.74) is 0.832. The highest BCUT2D eigenvalue weighted by molar-refractivity contribution is 9.10. The minimum atomic E-state index is -0.0798. The van der Waals surface area contributed by atoms with E-state index in [1.165, 1.54) is 18.9 Å². The van der Waals surface area contributed by atoms with Gasteiger partial charge in [0.05, 0.1) is 0 Å². The van der Waals surface area contributed by atoms with Crippen LogP contribution >= 0.6 is 15.9 Å². The van der Waals surface area contributed by atoms with Crippen LogP contribution < -0.4 is 5.32 Å². The molecule has 1 unspecified atom stereocenters. The second-order valence-electron chi connectivity index (χ2n) is 4.15. The fraction of sp³-hybridized carbons (Fsp3) is 0.500. The van der Waals surface area contributed by atoms with E-state index in [2.05, 4.69) is 21.2 Å². The summed E-state index contributed by atoms with van der Waals surface area (Å²) in [5.74, 6) is 0.506. The lowest BCUT2D eigenvalue weighted by atomic mass is 9.92. The molecule has 1 nitrogen and oxygen atoms in total. The van der Waals surface area contributed by atoms with E-state index in [4.69, 9.17) is 0 Å². The maximum atomic E-state index is 13.5. The van der Waals surface area contributed by atoms with Crippen molar-refractivity contribution < 1.29 is 4.39 Å². The second-order valence-corrected chi connectivity index (χ2v) is 5.07. The number of rotatable bonds is 2. The minimum Gasteiger partial charge on any atom is -0.316 e. The van der Waals surface area contributed by atoms with E-state index in [0.29, 0.717) is 5.92 Å². The third kappa shape index (κ3) is 3.02. The topological polar surface area (TPSA) is 12.0 Å². The van der Waals surface area contributed by atoms with Crippen LogP contribution in [-0.2, 0) is 6.42 Å². The summed E-state index contributed by atoms with van der Waals surface area (Å²) in [6.45, 7) is 2.13. The molecule has 0 saturated carbocycles. The average molecular weight is 272 g/mol. The van der Waals surface area contributed by atoms with Crippen molar-refractivity contribution in [2.24, 2.45) is 5.92 Å². The van der Waals surface area contributed by atoms with E-state index < -0.39 is 0 Å². The first-order chi connectivity index (χ1) is 7.25. The first-order valence-corrected chi connectivity index (χ1v) is 6.19. The number of hydrogen-bond acceptors (Lipinski definition) is 1. The minimum absolute atomic E-state index is 0.0798. The molecule has 0 amide bonds. The van der Waals surface area contributed by atoms with Crippen LogP contribution in [0.4, 0.5) is 4.39 Å². The van der Waals surface area contributed by atoms with Crippen LogP contribution in [0.3, 0.4) is 0 Å². The van der Waals surface area contributed by atoms with E-state index >= 15 is 0 Å². The Morgan fingerprint density at radius 2 is 2.33 bits per heavy atom. The second kappa shape index (κ2) is 5.08. The Morgan fingerprint density at radius 1 is 1.47 bits per heavy atom. The van der Waals surface area contributed by atoms with Crippen LogP contribution in [0.2, 0.25) is 0 Å². The molecule has 0 bridgehead atoms. The number of hydrogen-bond donors (Lipinski definition) is 1. The van der Waals surface area contributed by atoms with E-state index in [1.54, 1.807) is 6.07 Å². The molecule has 1 atom stereocenters. The Kier molecular flexibility index (Phi) is 3.76. The standard InChI is InChI=1S/C12H15BrFN/c13-11-3-4-12(14)10(7-11)6-9-2-1-5-15-8-9/h3-4,7,9,15H,1-2,5-6,8H2. The van der Waals surface area contributed by atoms with Gasteiger partial charge in [0.15, 0.2) is 0 Å². The molecule has 1 aliphatic rings. The molecule has 0 radical (unpaired) electrons. The molecule has 2 rings (SSSR count). The lowest BCUT2D eigenvalue weighted by Crippen LogP contribution is -2.31. The monoisotopic (exact) mass is 271 g/mol. The van der Waals surface area contributed by atoms with Crippen LogP contribution in [0.1, 0.15) is 18.4 Å². The van der Waals surface area contributed by atoms with Crippen molar-refractivity contribution in [3.8, 4) is 0 Å². The lowest BCUT2D eigenvalue weighted by Gasteiger charge is -2.22. The third-order valence-electron chi connectivity index (χ3n) is 2.92. The molecule has 1 fully saturated rings. The zero-order valence-corrected chi connectivity index (χ0v) is 10.2. The highest BCUT2D eigenvalue weighted by atomic mass is 79.9. The van der Waals surface area contributed by atoms with Gasteiger partial charge in [-0.3, -0.25) is 0 Å². The Labute approximate surface area is 98.2 Å². The predicted octanol–water partition coefficient (Wildman–Crippen LogP) is 3.13. The van der Waals surface area contributed by atoms with Crippen LogP contribution in [-0.4, -0.2) is 13.1 Å². The summed E-state index contributed by atoms with van der Waals surface area (Å²) >= 11 is 3.38. The molecule has 1 aliphatic heterocycles. The molecule has 0 spiro atoms. The molecule has 3 heteroatoms. The molecule has 1 aromatic carbocycles. The number of piperidine rings is 1. The molecule has 1 saturated heterocycles. The zero-order valence-electron chi connectivity index (χ0n) is 8.60. The van der Waals surface area contributed by atoms with E-state index in [1.807, 2.05) is 6.07 Å². The van der Waals surface area contributed by atoms with E-state index in [-0.39, 0.29) is 5.82 Å². The molecule has 82 valence electrons. The van der Waals surface area contributed by atoms with Gasteiger partial charge in [-0.2, -0.15) is 0 Å². The molecular formula is C12H15BrFN. The van der Waals surface area contributed by atoms with Gasteiger partial charge >= 0.3 is 0 Å². The van der Waals surface area contributed by atoms with Gasteiger partial charge in [0.1, 0.15) is 5.82 Å². The summed E-state index contributed by atoms with van der Waals surface area (Å²) in [5, 5.41) is 3.35. The third-order valence-corrected chi connectivity index (χ3v) is 3.41. The lowest BCUT2D eigenvalue weighted by molar-refractivity contribution is 0.372. The van der Waals surface area contributed by atoms with Gasteiger partial charge < -0.3 is 5.32 Å². The smallest absolute Gasteiger partial charge is 0.126 e. The first-order valence-electron chi connectivity index (χ1n) is 5.40. The maximum absolute atomic E-state index is 13.5. The molecule has 1 heterocycles. The van der Waals surface area contributed by atoms with Gasteiger partial charge in [-0.15, -0.1) is 0 Å². The maximum Gasteiger partial charge on any atom is 0.126 e. The summed E-state index contributed by atoms with van der Waals surface area (Å²) in [4.78, 5) is 0. The van der Waals surface area contributed by atoms with Crippen molar-refractivity contribution in [1.29, 1.82) is 0 Å². The summed E-state index contributed by atoms with van der Waals surface area (Å²) < 4.78 is 14.4.